The fourth-order valence-corrected chi connectivity index (χ4v) is 4.81. The van der Waals surface area contributed by atoms with Crippen molar-refractivity contribution in [3.63, 3.8) is 0 Å². The van der Waals surface area contributed by atoms with Crippen molar-refractivity contribution < 1.29 is 24.2 Å². The molecule has 3 aliphatic heterocycles. The molecule has 2 aromatic heterocycles. The molecule has 0 bridgehead atoms. The van der Waals surface area contributed by atoms with Crippen LogP contribution in [0.4, 0.5) is 4.79 Å². The first-order valence-corrected chi connectivity index (χ1v) is 10.2. The van der Waals surface area contributed by atoms with Gasteiger partial charge in [-0.15, -0.1) is 16.9 Å². The molecule has 30 heavy (non-hydrogen) atoms. The van der Waals surface area contributed by atoms with E-state index in [1.165, 1.54) is 22.1 Å². The number of rotatable bonds is 3. The van der Waals surface area contributed by atoms with Crippen LogP contribution < -0.4 is 0 Å². The number of carbonyl (C=O) groups excluding carboxylic acids is 2. The third-order valence-corrected chi connectivity index (χ3v) is 6.19. The zero-order chi connectivity index (χ0) is 21.0. The summed E-state index contributed by atoms with van der Waals surface area (Å²) in [6.45, 7) is 2.96. The lowest BCUT2D eigenvalue weighted by Crippen LogP contribution is -2.51. The van der Waals surface area contributed by atoms with Gasteiger partial charge in [0.25, 0.3) is 11.7 Å². The minimum Gasteiger partial charge on any atom is -0.477 e. The maximum atomic E-state index is 12.4. The first kappa shape index (κ1) is 18.6. The van der Waals surface area contributed by atoms with E-state index in [1.807, 2.05) is 0 Å². The highest BCUT2D eigenvalue weighted by atomic mass is 32.2. The fraction of sp³-hybridized carbons (Fsp3) is 0.333. The van der Waals surface area contributed by atoms with Gasteiger partial charge in [-0.1, -0.05) is 0 Å². The Morgan fingerprint density at radius 2 is 2.27 bits per heavy atom. The summed E-state index contributed by atoms with van der Waals surface area (Å²) in [4.78, 5) is 47.1. The number of hydrogen-bond acceptors (Lipinski definition) is 8. The van der Waals surface area contributed by atoms with Gasteiger partial charge in [-0.05, 0) is 13.0 Å². The minimum atomic E-state index is -1.13. The van der Waals surface area contributed by atoms with Crippen LogP contribution in [0.3, 0.4) is 0 Å². The molecule has 154 valence electrons. The fourth-order valence-electron chi connectivity index (χ4n) is 3.69. The van der Waals surface area contributed by atoms with Gasteiger partial charge in [0.15, 0.2) is 5.82 Å². The number of amides is 2. The number of carboxylic acids is 1. The molecule has 1 N–H and O–H groups in total. The lowest BCUT2D eigenvalue weighted by molar-refractivity contribution is -0.141. The third-order valence-electron chi connectivity index (χ3n) is 5.11. The molecule has 0 saturated carbocycles. The molecular weight excluding hydrogens is 412 g/mol. The van der Waals surface area contributed by atoms with Crippen molar-refractivity contribution in [2.75, 3.05) is 13.2 Å². The average Bonchev–Trinajstić information content (AvgIpc) is 3.33. The van der Waals surface area contributed by atoms with E-state index in [9.17, 15) is 14.4 Å². The van der Waals surface area contributed by atoms with Crippen LogP contribution in [0.25, 0.3) is 11.9 Å². The van der Waals surface area contributed by atoms with Crippen molar-refractivity contribution in [3.05, 3.63) is 40.0 Å². The van der Waals surface area contributed by atoms with Gasteiger partial charge < -0.3 is 14.7 Å². The maximum Gasteiger partial charge on any atom is 0.410 e. The Hall–Kier alpha value is -3.41. The van der Waals surface area contributed by atoms with Gasteiger partial charge in [-0.2, -0.15) is 4.98 Å². The smallest absolute Gasteiger partial charge is 0.410 e. The van der Waals surface area contributed by atoms with E-state index in [0.717, 1.165) is 11.3 Å². The molecule has 0 aliphatic carbocycles. The van der Waals surface area contributed by atoms with E-state index in [2.05, 4.69) is 15.1 Å². The first-order chi connectivity index (χ1) is 14.5. The predicted molar refractivity (Wildman–Crippen MR) is 104 cm³/mol. The van der Waals surface area contributed by atoms with Crippen LogP contribution in [0, 0.1) is 0 Å². The molecule has 1 fully saturated rings. The van der Waals surface area contributed by atoms with Crippen molar-refractivity contribution in [2.45, 2.75) is 25.3 Å². The summed E-state index contributed by atoms with van der Waals surface area (Å²) in [7, 11) is 0. The van der Waals surface area contributed by atoms with Gasteiger partial charge in [0.2, 0.25) is 0 Å². The van der Waals surface area contributed by atoms with E-state index >= 15 is 0 Å². The number of ether oxygens (including phenoxy) is 1. The molecule has 3 aliphatic rings. The summed E-state index contributed by atoms with van der Waals surface area (Å²) >= 11 is 1.26. The molecule has 2 amide bonds. The third kappa shape index (κ3) is 2.75. The summed E-state index contributed by atoms with van der Waals surface area (Å²) in [6.07, 6.45) is 3.46. The largest absolute Gasteiger partial charge is 0.477 e. The molecule has 11 nitrogen and oxygen atoms in total. The standard InChI is InChI=1S/C18H16N6O5S/c1-2-29-18(28)22-4-3-11-9(7-22)6-19-17-20-13(21-24(11)17)5-10-14(25)23-12(16(26)27)8-30-15(10)23/h5-6,8,15H,2-4,7H2,1H3,(H,26,27)/t15-/m1/s1. The van der Waals surface area contributed by atoms with Crippen LogP contribution in [0.2, 0.25) is 0 Å². The highest BCUT2D eigenvalue weighted by molar-refractivity contribution is 8.03. The van der Waals surface area contributed by atoms with E-state index in [1.54, 1.807) is 28.6 Å². The second-order valence-corrected chi connectivity index (χ2v) is 7.81. The van der Waals surface area contributed by atoms with Gasteiger partial charge in [0.1, 0.15) is 11.1 Å². The normalized spacial score (nSPS) is 21.4. The minimum absolute atomic E-state index is 0.0167. The molecular formula is C18H16N6O5S. The van der Waals surface area contributed by atoms with Crippen molar-refractivity contribution in [1.29, 1.82) is 0 Å². The summed E-state index contributed by atoms with van der Waals surface area (Å²) in [5.74, 6) is -0.762. The Morgan fingerprint density at radius 3 is 3.03 bits per heavy atom. The monoisotopic (exact) mass is 428 g/mol. The SMILES string of the molecule is CCOC(=O)N1CCc2c(cnc3nc(C=C4C(=O)N5C(C(=O)O)=CS[C@H]45)nn23)C1. The zero-order valence-corrected chi connectivity index (χ0v) is 16.6. The summed E-state index contributed by atoms with van der Waals surface area (Å²) in [5, 5.41) is 14.7. The van der Waals surface area contributed by atoms with E-state index in [4.69, 9.17) is 9.84 Å². The Labute approximate surface area is 174 Å². The van der Waals surface area contributed by atoms with Gasteiger partial charge in [0, 0.05) is 30.1 Å². The van der Waals surface area contributed by atoms with Crippen LogP contribution in [-0.4, -0.2) is 71.0 Å². The first-order valence-electron chi connectivity index (χ1n) is 9.27. The molecule has 2 aromatic rings. The molecule has 0 aromatic carbocycles. The summed E-state index contributed by atoms with van der Waals surface area (Å²) < 4.78 is 6.70. The Balaban J connectivity index is 1.41. The van der Waals surface area contributed by atoms with E-state index in [-0.39, 0.29) is 23.1 Å². The lowest BCUT2D eigenvalue weighted by atomic mass is 10.0. The number of thioether (sulfide) groups is 1. The predicted octanol–water partition coefficient (Wildman–Crippen LogP) is 0.863. The molecule has 5 heterocycles. The maximum absolute atomic E-state index is 12.4. The highest BCUT2D eigenvalue weighted by Crippen LogP contribution is 2.44. The highest BCUT2D eigenvalue weighted by Gasteiger charge is 2.49. The number of nitrogens with zero attached hydrogens (tertiary/aromatic N) is 6. The summed E-state index contributed by atoms with van der Waals surface area (Å²) in [5.41, 5.74) is 2.20. The van der Waals surface area contributed by atoms with E-state index in [0.29, 0.717) is 43.3 Å². The van der Waals surface area contributed by atoms with Gasteiger partial charge >= 0.3 is 12.1 Å². The number of hydrogen-bond donors (Lipinski definition) is 1. The Bertz CT molecular complexity index is 1170. The zero-order valence-electron chi connectivity index (χ0n) is 15.8. The Kier molecular flexibility index (Phi) is 4.24. The van der Waals surface area contributed by atoms with Crippen LogP contribution in [0.1, 0.15) is 24.0 Å². The molecule has 12 heteroatoms. The topological polar surface area (TPSA) is 130 Å². The van der Waals surface area contributed by atoms with Crippen molar-refractivity contribution >= 4 is 41.6 Å². The number of aromatic nitrogens is 4. The summed E-state index contributed by atoms with van der Waals surface area (Å²) in [6, 6.07) is 0. The lowest BCUT2D eigenvalue weighted by Gasteiger charge is -2.36. The van der Waals surface area contributed by atoms with Crippen molar-refractivity contribution in [1.82, 2.24) is 29.4 Å². The number of carboxylic acid groups (broad SMARTS) is 1. The van der Waals surface area contributed by atoms with Crippen LogP contribution >= 0.6 is 11.8 Å². The number of carbonyl (C=O) groups is 3. The second-order valence-electron chi connectivity index (χ2n) is 6.85. The number of aliphatic carboxylic acids is 1. The van der Waals surface area contributed by atoms with Crippen molar-refractivity contribution in [3.8, 4) is 0 Å². The van der Waals surface area contributed by atoms with Crippen LogP contribution in [-0.2, 0) is 27.3 Å². The second kappa shape index (κ2) is 6.83. The molecule has 0 radical (unpaired) electrons. The molecule has 0 unspecified atom stereocenters. The van der Waals surface area contributed by atoms with E-state index < -0.39 is 5.97 Å². The van der Waals surface area contributed by atoms with Gasteiger partial charge in [-0.25, -0.2) is 19.1 Å². The average molecular weight is 428 g/mol. The number of β-lactam (4-membered cyclic amide) rings is 1. The van der Waals surface area contributed by atoms with Gasteiger partial charge in [0.05, 0.1) is 24.4 Å². The number of fused-ring (bicyclic) bond motifs is 4. The molecule has 5 rings (SSSR count). The quantitative estimate of drug-likeness (QED) is 0.559. The Morgan fingerprint density at radius 1 is 1.43 bits per heavy atom. The van der Waals surface area contributed by atoms with Crippen LogP contribution in [0.15, 0.2) is 22.9 Å². The molecule has 1 saturated heterocycles. The van der Waals surface area contributed by atoms with Gasteiger partial charge in [-0.3, -0.25) is 9.69 Å². The van der Waals surface area contributed by atoms with Crippen molar-refractivity contribution in [2.24, 2.45) is 0 Å². The van der Waals surface area contributed by atoms with Crippen LogP contribution in [0.5, 0.6) is 0 Å². The molecule has 0 spiro atoms. The molecule has 1 atom stereocenters.